The van der Waals surface area contributed by atoms with Crippen LogP contribution in [0.2, 0.25) is 0 Å². The fourth-order valence-electron chi connectivity index (χ4n) is 4.99. The Labute approximate surface area is 197 Å². The third kappa shape index (κ3) is 4.02. The minimum absolute atomic E-state index is 0.652. The summed E-state index contributed by atoms with van der Waals surface area (Å²) >= 11 is 1.88. The quantitative estimate of drug-likeness (QED) is 0.444. The van der Waals surface area contributed by atoms with E-state index in [0.717, 1.165) is 55.7 Å². The average molecular weight is 461 g/mol. The predicted octanol–water partition coefficient (Wildman–Crippen LogP) is 4.50. The number of anilines is 1. The molecule has 2 aliphatic rings. The van der Waals surface area contributed by atoms with Gasteiger partial charge < -0.3 is 9.42 Å². The summed E-state index contributed by atoms with van der Waals surface area (Å²) in [5, 5.41) is 5.47. The largest absolute Gasteiger partial charge is 0.353 e. The van der Waals surface area contributed by atoms with Crippen molar-refractivity contribution < 1.29 is 4.52 Å². The molecule has 33 heavy (non-hydrogen) atoms. The highest BCUT2D eigenvalue weighted by molar-refractivity contribution is 7.19. The summed E-state index contributed by atoms with van der Waals surface area (Å²) in [6.45, 7) is 8.81. The van der Waals surface area contributed by atoms with Gasteiger partial charge in [-0.1, -0.05) is 42.4 Å². The molecule has 0 N–H and O–H groups in total. The molecule has 1 aliphatic heterocycles. The van der Waals surface area contributed by atoms with Crippen LogP contribution < -0.4 is 4.90 Å². The van der Waals surface area contributed by atoms with Gasteiger partial charge in [-0.3, -0.25) is 4.90 Å². The number of thiophene rings is 1. The summed E-state index contributed by atoms with van der Waals surface area (Å²) in [6.07, 6.45) is 3.59. The van der Waals surface area contributed by atoms with Gasteiger partial charge in [0.15, 0.2) is 0 Å². The Hall–Kier alpha value is -2.84. The second kappa shape index (κ2) is 8.50. The first kappa shape index (κ1) is 20.7. The first-order valence-electron chi connectivity index (χ1n) is 11.8. The van der Waals surface area contributed by atoms with E-state index >= 15 is 0 Å². The van der Waals surface area contributed by atoms with Crippen LogP contribution >= 0.6 is 11.3 Å². The van der Waals surface area contributed by atoms with Crippen LogP contribution in [0.1, 0.15) is 35.5 Å². The lowest BCUT2D eigenvalue weighted by molar-refractivity contribution is 0.215. The van der Waals surface area contributed by atoms with E-state index in [9.17, 15) is 0 Å². The maximum absolute atomic E-state index is 5.53. The zero-order valence-electron chi connectivity index (χ0n) is 19.1. The van der Waals surface area contributed by atoms with Gasteiger partial charge in [0.05, 0.1) is 11.9 Å². The van der Waals surface area contributed by atoms with Gasteiger partial charge in [-0.15, -0.1) is 11.3 Å². The molecule has 4 aromatic rings. The zero-order chi connectivity index (χ0) is 22.4. The highest BCUT2D eigenvalue weighted by atomic mass is 32.1. The van der Waals surface area contributed by atoms with E-state index in [4.69, 9.17) is 14.5 Å². The number of aryl methyl sites for hydroxylation is 2. The monoisotopic (exact) mass is 460 g/mol. The van der Waals surface area contributed by atoms with Crippen molar-refractivity contribution in [1.29, 1.82) is 0 Å². The minimum Gasteiger partial charge on any atom is -0.353 e. The molecule has 1 aromatic carbocycles. The van der Waals surface area contributed by atoms with Crippen molar-refractivity contribution in [2.45, 2.75) is 39.7 Å². The second-order valence-electron chi connectivity index (χ2n) is 9.27. The Morgan fingerprint density at radius 1 is 1.06 bits per heavy atom. The highest BCUT2D eigenvalue weighted by Crippen LogP contribution is 2.41. The average Bonchev–Trinajstić information content (AvgIpc) is 3.43. The number of hydrogen-bond donors (Lipinski definition) is 0. The van der Waals surface area contributed by atoms with Crippen molar-refractivity contribution in [2.75, 3.05) is 31.1 Å². The van der Waals surface area contributed by atoms with Crippen LogP contribution in [0.15, 0.2) is 34.9 Å². The Morgan fingerprint density at radius 3 is 2.70 bits per heavy atom. The summed E-state index contributed by atoms with van der Waals surface area (Å²) in [4.78, 5) is 21.9. The first-order valence-corrected chi connectivity index (χ1v) is 12.6. The van der Waals surface area contributed by atoms with Gasteiger partial charge in [0, 0.05) is 36.6 Å². The van der Waals surface area contributed by atoms with E-state index in [2.05, 4.69) is 26.9 Å². The molecule has 1 fully saturated rings. The summed E-state index contributed by atoms with van der Waals surface area (Å²) in [7, 11) is 0. The molecule has 1 atom stereocenters. The molecule has 6 rings (SSSR count). The Morgan fingerprint density at radius 2 is 1.88 bits per heavy atom. The molecule has 1 saturated heterocycles. The van der Waals surface area contributed by atoms with Gasteiger partial charge in [0.2, 0.25) is 11.7 Å². The summed E-state index contributed by atoms with van der Waals surface area (Å²) in [5.41, 5.74) is 2.48. The van der Waals surface area contributed by atoms with Crippen molar-refractivity contribution in [3.05, 3.63) is 52.5 Å². The molecule has 0 bridgehead atoms. The summed E-state index contributed by atoms with van der Waals surface area (Å²) in [5.74, 6) is 4.08. The molecule has 0 saturated carbocycles. The van der Waals surface area contributed by atoms with Crippen LogP contribution in [0.4, 0.5) is 5.82 Å². The molecule has 0 amide bonds. The molecule has 0 spiro atoms. The molecular weight excluding hydrogens is 432 g/mol. The predicted molar refractivity (Wildman–Crippen MR) is 131 cm³/mol. The van der Waals surface area contributed by atoms with Crippen LogP contribution in [-0.2, 0) is 19.4 Å². The Bertz CT molecular complexity index is 1280. The molecule has 7 nitrogen and oxygen atoms in total. The molecular formula is C25H28N6OS. The lowest BCUT2D eigenvalue weighted by atomic mass is 9.89. The maximum atomic E-state index is 5.53. The van der Waals surface area contributed by atoms with Crippen LogP contribution in [0, 0.1) is 12.8 Å². The van der Waals surface area contributed by atoms with E-state index in [1.807, 2.05) is 48.6 Å². The van der Waals surface area contributed by atoms with E-state index in [1.165, 1.54) is 33.5 Å². The normalized spacial score (nSPS) is 19.2. The maximum Gasteiger partial charge on any atom is 0.241 e. The summed E-state index contributed by atoms with van der Waals surface area (Å²) < 4.78 is 5.53. The van der Waals surface area contributed by atoms with Crippen LogP contribution in [0.3, 0.4) is 0 Å². The number of piperazine rings is 1. The number of aromatic nitrogens is 4. The van der Waals surface area contributed by atoms with E-state index in [0.29, 0.717) is 18.3 Å². The van der Waals surface area contributed by atoms with Crippen molar-refractivity contribution in [1.82, 2.24) is 25.0 Å². The van der Waals surface area contributed by atoms with Gasteiger partial charge in [-0.25, -0.2) is 9.97 Å². The number of benzene rings is 1. The van der Waals surface area contributed by atoms with Gasteiger partial charge in [0.1, 0.15) is 16.5 Å². The topological polar surface area (TPSA) is 71.2 Å². The van der Waals surface area contributed by atoms with Gasteiger partial charge in [0.25, 0.3) is 0 Å². The Balaban J connectivity index is 1.18. The molecule has 170 valence electrons. The number of fused-ring (bicyclic) bond motifs is 3. The third-order valence-corrected chi connectivity index (χ3v) is 7.93. The van der Waals surface area contributed by atoms with Gasteiger partial charge in [-0.05, 0) is 37.7 Å². The smallest absolute Gasteiger partial charge is 0.241 e. The molecule has 0 radical (unpaired) electrons. The lowest BCUT2D eigenvalue weighted by Crippen LogP contribution is -2.46. The second-order valence-corrected chi connectivity index (χ2v) is 10.4. The van der Waals surface area contributed by atoms with Gasteiger partial charge >= 0.3 is 0 Å². The van der Waals surface area contributed by atoms with Crippen LogP contribution in [0.25, 0.3) is 21.6 Å². The SMILES string of the molecule is Cc1nc(N2CCN(Cc3nc(-c4ccccc4)no3)CC2)c2c3c(sc2n1)C[C@H](C)CC3. The van der Waals surface area contributed by atoms with Crippen molar-refractivity contribution in [2.24, 2.45) is 5.92 Å². The number of nitrogens with zero attached hydrogens (tertiary/aromatic N) is 6. The van der Waals surface area contributed by atoms with Crippen LogP contribution in [0.5, 0.6) is 0 Å². The van der Waals surface area contributed by atoms with Crippen molar-refractivity contribution in [3.8, 4) is 11.4 Å². The standard InChI is InChI=1S/C25H28N6OS/c1-16-8-9-19-20(14-16)33-25-22(19)24(26-17(2)27-25)31-12-10-30(11-13-31)15-21-28-23(29-32-21)18-6-4-3-5-7-18/h3-7,16H,8-15H2,1-2H3/t16-/m1/s1. The van der Waals surface area contributed by atoms with Gasteiger partial charge in [-0.2, -0.15) is 4.98 Å². The fraction of sp³-hybridized carbons (Fsp3) is 0.440. The van der Waals surface area contributed by atoms with E-state index in [-0.39, 0.29) is 0 Å². The Kier molecular flexibility index (Phi) is 5.34. The number of hydrogen-bond acceptors (Lipinski definition) is 8. The molecule has 3 aromatic heterocycles. The molecule has 1 aliphatic carbocycles. The third-order valence-electron chi connectivity index (χ3n) is 6.78. The van der Waals surface area contributed by atoms with E-state index in [1.54, 1.807) is 0 Å². The first-order chi connectivity index (χ1) is 16.1. The lowest BCUT2D eigenvalue weighted by Gasteiger charge is -2.35. The minimum atomic E-state index is 0.652. The molecule has 4 heterocycles. The highest BCUT2D eigenvalue weighted by Gasteiger charge is 2.27. The zero-order valence-corrected chi connectivity index (χ0v) is 19.9. The summed E-state index contributed by atoms with van der Waals surface area (Å²) in [6, 6.07) is 9.97. The molecule has 0 unspecified atom stereocenters. The van der Waals surface area contributed by atoms with E-state index < -0.39 is 0 Å². The van der Waals surface area contributed by atoms with Crippen LogP contribution in [-0.4, -0.2) is 51.2 Å². The fourth-order valence-corrected chi connectivity index (χ4v) is 6.41. The molecule has 8 heteroatoms. The van der Waals surface area contributed by atoms with Crippen molar-refractivity contribution >= 4 is 27.4 Å². The van der Waals surface area contributed by atoms with Crippen molar-refractivity contribution in [3.63, 3.8) is 0 Å². The number of rotatable bonds is 4.